The SMILES string of the molecule is CCc1cccc(-n2nnc(C(=O)NCc3ccccn3)c2-c2cccnc2)c1. The van der Waals surface area contributed by atoms with Crippen LogP contribution in [-0.2, 0) is 13.0 Å². The molecular weight excluding hydrogens is 364 g/mol. The fourth-order valence-corrected chi connectivity index (χ4v) is 3.04. The van der Waals surface area contributed by atoms with E-state index in [4.69, 9.17) is 0 Å². The first-order valence-corrected chi connectivity index (χ1v) is 9.39. The van der Waals surface area contributed by atoms with Gasteiger partial charge in [-0.25, -0.2) is 4.68 Å². The molecule has 0 saturated heterocycles. The van der Waals surface area contributed by atoms with Crippen LogP contribution in [0.25, 0.3) is 16.9 Å². The number of nitrogens with zero attached hydrogens (tertiary/aromatic N) is 5. The number of hydrogen-bond donors (Lipinski definition) is 1. The maximum atomic E-state index is 12.9. The van der Waals surface area contributed by atoms with E-state index in [2.05, 4.69) is 38.6 Å². The highest BCUT2D eigenvalue weighted by atomic mass is 16.2. The summed E-state index contributed by atoms with van der Waals surface area (Å²) in [6.45, 7) is 2.41. The fraction of sp³-hybridized carbons (Fsp3) is 0.136. The molecule has 7 heteroatoms. The van der Waals surface area contributed by atoms with Gasteiger partial charge in [0.1, 0.15) is 5.69 Å². The lowest BCUT2D eigenvalue weighted by Gasteiger charge is -2.09. The molecule has 1 aromatic carbocycles. The van der Waals surface area contributed by atoms with E-state index in [1.54, 1.807) is 23.3 Å². The molecule has 7 nitrogen and oxygen atoms in total. The van der Waals surface area contributed by atoms with E-state index in [-0.39, 0.29) is 11.6 Å². The van der Waals surface area contributed by atoms with Gasteiger partial charge in [0.2, 0.25) is 0 Å². The number of aromatic nitrogens is 5. The van der Waals surface area contributed by atoms with Crippen molar-refractivity contribution in [2.45, 2.75) is 19.9 Å². The van der Waals surface area contributed by atoms with Crippen molar-refractivity contribution in [1.29, 1.82) is 0 Å². The third-order valence-corrected chi connectivity index (χ3v) is 4.54. The predicted octanol–water partition coefficient (Wildman–Crippen LogP) is 3.22. The van der Waals surface area contributed by atoms with Gasteiger partial charge in [-0.3, -0.25) is 14.8 Å². The second kappa shape index (κ2) is 8.43. The van der Waals surface area contributed by atoms with Crippen LogP contribution in [0.4, 0.5) is 0 Å². The molecule has 0 unspecified atom stereocenters. The lowest BCUT2D eigenvalue weighted by atomic mass is 10.1. The van der Waals surface area contributed by atoms with Crippen molar-refractivity contribution in [3.05, 3.63) is 90.1 Å². The van der Waals surface area contributed by atoms with Gasteiger partial charge in [-0.15, -0.1) is 5.10 Å². The Balaban J connectivity index is 1.72. The van der Waals surface area contributed by atoms with Gasteiger partial charge >= 0.3 is 0 Å². The molecule has 1 amide bonds. The number of benzene rings is 1. The third-order valence-electron chi connectivity index (χ3n) is 4.54. The minimum Gasteiger partial charge on any atom is -0.345 e. The number of rotatable bonds is 6. The molecule has 0 spiro atoms. The Labute approximate surface area is 168 Å². The fourth-order valence-electron chi connectivity index (χ4n) is 3.04. The molecule has 0 aliphatic carbocycles. The minimum absolute atomic E-state index is 0.246. The number of amides is 1. The van der Waals surface area contributed by atoms with Gasteiger partial charge in [-0.1, -0.05) is 30.3 Å². The maximum Gasteiger partial charge on any atom is 0.274 e. The zero-order chi connectivity index (χ0) is 20.1. The first-order chi connectivity index (χ1) is 14.3. The zero-order valence-electron chi connectivity index (χ0n) is 16.0. The highest BCUT2D eigenvalue weighted by molar-refractivity contribution is 5.98. The standard InChI is InChI=1S/C22H20N6O/c1-2-16-7-5-10-19(13-16)28-21(17-8-6-11-23-14-17)20(26-27-28)22(29)25-15-18-9-3-4-12-24-18/h3-14H,2,15H2,1H3,(H,25,29). The van der Waals surface area contributed by atoms with Gasteiger partial charge in [0.05, 0.1) is 17.9 Å². The summed E-state index contributed by atoms with van der Waals surface area (Å²) in [6.07, 6.45) is 5.99. The van der Waals surface area contributed by atoms with Crippen LogP contribution >= 0.6 is 0 Å². The van der Waals surface area contributed by atoms with Crippen LogP contribution in [0.5, 0.6) is 0 Å². The van der Waals surface area contributed by atoms with Crippen molar-refractivity contribution in [1.82, 2.24) is 30.3 Å². The van der Waals surface area contributed by atoms with E-state index < -0.39 is 0 Å². The van der Waals surface area contributed by atoms with E-state index in [1.165, 1.54) is 5.56 Å². The number of nitrogens with one attached hydrogen (secondary N) is 1. The molecule has 144 valence electrons. The van der Waals surface area contributed by atoms with Gasteiger partial charge < -0.3 is 5.32 Å². The van der Waals surface area contributed by atoms with Gasteiger partial charge in [0.15, 0.2) is 5.69 Å². The smallest absolute Gasteiger partial charge is 0.274 e. The second-order valence-corrected chi connectivity index (χ2v) is 6.47. The monoisotopic (exact) mass is 384 g/mol. The molecule has 3 heterocycles. The summed E-state index contributed by atoms with van der Waals surface area (Å²) in [5, 5.41) is 11.3. The summed E-state index contributed by atoms with van der Waals surface area (Å²) in [7, 11) is 0. The van der Waals surface area contributed by atoms with Crippen LogP contribution in [0, 0.1) is 0 Å². The Morgan fingerprint density at radius 1 is 1.07 bits per heavy atom. The Morgan fingerprint density at radius 3 is 2.76 bits per heavy atom. The van der Waals surface area contributed by atoms with Gasteiger partial charge in [-0.2, -0.15) is 0 Å². The Hall–Kier alpha value is -3.87. The molecular formula is C22H20N6O. The summed E-state index contributed by atoms with van der Waals surface area (Å²) >= 11 is 0. The molecule has 0 aliphatic rings. The van der Waals surface area contributed by atoms with Crippen LogP contribution in [0.15, 0.2) is 73.2 Å². The molecule has 4 aromatic rings. The number of carbonyl (C=O) groups is 1. The van der Waals surface area contributed by atoms with E-state index >= 15 is 0 Å². The van der Waals surface area contributed by atoms with Crippen molar-refractivity contribution in [2.24, 2.45) is 0 Å². The normalized spacial score (nSPS) is 10.7. The molecule has 3 aromatic heterocycles. The van der Waals surface area contributed by atoms with Crippen LogP contribution < -0.4 is 5.32 Å². The van der Waals surface area contributed by atoms with Crippen LogP contribution in [-0.4, -0.2) is 30.9 Å². The maximum absolute atomic E-state index is 12.9. The van der Waals surface area contributed by atoms with Crippen LogP contribution in [0.2, 0.25) is 0 Å². The third kappa shape index (κ3) is 4.03. The lowest BCUT2D eigenvalue weighted by Crippen LogP contribution is -2.24. The molecule has 0 radical (unpaired) electrons. The number of carbonyl (C=O) groups excluding carboxylic acids is 1. The van der Waals surface area contributed by atoms with E-state index in [0.29, 0.717) is 12.2 Å². The van der Waals surface area contributed by atoms with Gasteiger partial charge in [0.25, 0.3) is 5.91 Å². The van der Waals surface area contributed by atoms with Crippen molar-refractivity contribution in [3.63, 3.8) is 0 Å². The quantitative estimate of drug-likeness (QED) is 0.552. The average molecular weight is 384 g/mol. The molecule has 29 heavy (non-hydrogen) atoms. The molecule has 0 bridgehead atoms. The summed E-state index contributed by atoms with van der Waals surface area (Å²) in [5.74, 6) is -0.313. The summed E-state index contributed by atoms with van der Waals surface area (Å²) in [4.78, 5) is 21.3. The highest BCUT2D eigenvalue weighted by Gasteiger charge is 2.22. The summed E-state index contributed by atoms with van der Waals surface area (Å²) in [5.41, 5.74) is 4.41. The van der Waals surface area contributed by atoms with Crippen LogP contribution in [0.1, 0.15) is 28.7 Å². The first-order valence-electron chi connectivity index (χ1n) is 9.39. The highest BCUT2D eigenvalue weighted by Crippen LogP contribution is 2.25. The van der Waals surface area contributed by atoms with E-state index in [1.807, 2.05) is 48.5 Å². The van der Waals surface area contributed by atoms with Crippen LogP contribution in [0.3, 0.4) is 0 Å². The number of hydrogen-bond acceptors (Lipinski definition) is 5. The molecule has 0 aliphatic heterocycles. The molecule has 0 fully saturated rings. The number of aryl methyl sites for hydroxylation is 1. The predicted molar refractivity (Wildman–Crippen MR) is 109 cm³/mol. The second-order valence-electron chi connectivity index (χ2n) is 6.47. The molecule has 0 saturated carbocycles. The molecule has 4 rings (SSSR count). The van der Waals surface area contributed by atoms with Gasteiger partial charge in [0, 0.05) is 24.2 Å². The summed E-state index contributed by atoms with van der Waals surface area (Å²) < 4.78 is 1.69. The first kappa shape index (κ1) is 18.5. The molecule has 0 atom stereocenters. The van der Waals surface area contributed by atoms with Crippen molar-refractivity contribution in [2.75, 3.05) is 0 Å². The van der Waals surface area contributed by atoms with E-state index in [0.717, 1.165) is 23.4 Å². The minimum atomic E-state index is -0.313. The topological polar surface area (TPSA) is 85.6 Å². The number of pyridine rings is 2. The van der Waals surface area contributed by atoms with Crippen molar-refractivity contribution < 1.29 is 4.79 Å². The Morgan fingerprint density at radius 2 is 2.00 bits per heavy atom. The average Bonchev–Trinajstić information content (AvgIpc) is 3.24. The van der Waals surface area contributed by atoms with Gasteiger partial charge in [-0.05, 0) is 48.4 Å². The largest absolute Gasteiger partial charge is 0.345 e. The van der Waals surface area contributed by atoms with Crippen molar-refractivity contribution >= 4 is 5.91 Å². The van der Waals surface area contributed by atoms with E-state index in [9.17, 15) is 4.79 Å². The zero-order valence-corrected chi connectivity index (χ0v) is 16.0. The summed E-state index contributed by atoms with van der Waals surface area (Å²) in [6, 6.07) is 17.3. The Kier molecular flexibility index (Phi) is 5.38. The lowest BCUT2D eigenvalue weighted by molar-refractivity contribution is 0.0946. The molecule has 1 N–H and O–H groups in total. The van der Waals surface area contributed by atoms with Crippen molar-refractivity contribution in [3.8, 4) is 16.9 Å². The Bertz CT molecular complexity index is 1110.